The van der Waals surface area contributed by atoms with E-state index in [1.165, 1.54) is 5.56 Å². The summed E-state index contributed by atoms with van der Waals surface area (Å²) in [5.74, 6) is 0.388. The average molecular weight is 520 g/mol. The smallest absolute Gasteiger partial charge is 0.287 e. The Morgan fingerprint density at radius 1 is 0.769 bits per heavy atom. The van der Waals surface area contributed by atoms with Crippen LogP contribution in [0.15, 0.2) is 108 Å². The molecule has 2 amide bonds. The Kier molecular flexibility index (Phi) is 7.88. The van der Waals surface area contributed by atoms with Crippen molar-refractivity contribution < 1.29 is 18.7 Å². The monoisotopic (exact) mass is 519 g/mol. The van der Waals surface area contributed by atoms with Crippen molar-refractivity contribution in [3.63, 3.8) is 0 Å². The Morgan fingerprint density at radius 3 is 2.28 bits per heavy atom. The van der Waals surface area contributed by atoms with Crippen molar-refractivity contribution in [2.75, 3.05) is 24.2 Å². The van der Waals surface area contributed by atoms with Crippen LogP contribution in [0.3, 0.4) is 0 Å². The van der Waals surface area contributed by atoms with Crippen LogP contribution in [0.5, 0.6) is 5.75 Å². The second-order valence-electron chi connectivity index (χ2n) is 9.06. The lowest BCUT2D eigenvalue weighted by Gasteiger charge is -2.10. The summed E-state index contributed by atoms with van der Waals surface area (Å²) >= 11 is 0. The van der Waals surface area contributed by atoms with Gasteiger partial charge in [0.15, 0.2) is 5.76 Å². The predicted octanol–water partition coefficient (Wildman–Crippen LogP) is 5.86. The van der Waals surface area contributed by atoms with Gasteiger partial charge in [-0.2, -0.15) is 0 Å². The third kappa shape index (κ3) is 6.27. The fraction of sp³-hybridized carbons (Fsp3) is 0.125. The number of amides is 2. The van der Waals surface area contributed by atoms with Gasteiger partial charge in [0.2, 0.25) is 0 Å². The average Bonchev–Trinajstić information content (AvgIpc) is 3.35. The number of para-hydroxylation sites is 3. The molecule has 4 N–H and O–H groups in total. The SMILES string of the molecule is Nc1ccccc1NC(=O)c1ccc(OCCNC(=O)c2oc3ccccc3c2CCc2ccccc2)cc1. The van der Waals surface area contributed by atoms with Gasteiger partial charge in [-0.15, -0.1) is 0 Å². The zero-order chi connectivity index (χ0) is 27.0. The molecule has 0 saturated heterocycles. The molecule has 196 valence electrons. The number of aryl methyl sites for hydroxylation is 2. The molecule has 0 atom stereocenters. The van der Waals surface area contributed by atoms with E-state index in [2.05, 4.69) is 22.8 Å². The zero-order valence-electron chi connectivity index (χ0n) is 21.4. The van der Waals surface area contributed by atoms with Crippen LogP contribution in [0.2, 0.25) is 0 Å². The van der Waals surface area contributed by atoms with E-state index >= 15 is 0 Å². The zero-order valence-corrected chi connectivity index (χ0v) is 21.4. The quantitative estimate of drug-likeness (QED) is 0.158. The molecule has 1 heterocycles. The van der Waals surface area contributed by atoms with Crippen molar-refractivity contribution in [3.05, 3.63) is 126 Å². The van der Waals surface area contributed by atoms with E-state index < -0.39 is 0 Å². The summed E-state index contributed by atoms with van der Waals surface area (Å²) in [7, 11) is 0. The van der Waals surface area contributed by atoms with Crippen molar-refractivity contribution in [1.29, 1.82) is 0 Å². The number of rotatable bonds is 10. The number of nitrogens with two attached hydrogens (primary N) is 1. The van der Waals surface area contributed by atoms with Crippen LogP contribution >= 0.6 is 0 Å². The normalized spacial score (nSPS) is 10.8. The molecule has 0 aliphatic carbocycles. The van der Waals surface area contributed by atoms with E-state index in [-0.39, 0.29) is 18.4 Å². The number of ether oxygens (including phenoxy) is 1. The maximum absolute atomic E-state index is 13.0. The van der Waals surface area contributed by atoms with Crippen molar-refractivity contribution in [2.24, 2.45) is 0 Å². The van der Waals surface area contributed by atoms with E-state index in [1.807, 2.05) is 42.5 Å². The first-order valence-corrected chi connectivity index (χ1v) is 12.8. The largest absolute Gasteiger partial charge is 0.492 e. The van der Waals surface area contributed by atoms with Crippen molar-refractivity contribution in [1.82, 2.24) is 5.32 Å². The van der Waals surface area contributed by atoms with Crippen LogP contribution in [-0.2, 0) is 12.8 Å². The highest BCUT2D eigenvalue weighted by Gasteiger charge is 2.20. The maximum Gasteiger partial charge on any atom is 0.287 e. The van der Waals surface area contributed by atoms with Crippen LogP contribution in [0.25, 0.3) is 11.0 Å². The number of hydrogen-bond donors (Lipinski definition) is 3. The predicted molar refractivity (Wildman–Crippen MR) is 153 cm³/mol. The minimum absolute atomic E-state index is 0.261. The van der Waals surface area contributed by atoms with Crippen LogP contribution in [0.1, 0.15) is 32.0 Å². The number of nitrogen functional groups attached to an aromatic ring is 1. The lowest BCUT2D eigenvalue weighted by atomic mass is 10.0. The van der Waals surface area contributed by atoms with Gasteiger partial charge in [-0.1, -0.05) is 60.7 Å². The molecule has 0 saturated carbocycles. The van der Waals surface area contributed by atoms with Gasteiger partial charge in [0, 0.05) is 16.5 Å². The number of furan rings is 1. The van der Waals surface area contributed by atoms with E-state index in [4.69, 9.17) is 14.9 Å². The van der Waals surface area contributed by atoms with Gasteiger partial charge >= 0.3 is 0 Å². The number of carbonyl (C=O) groups excluding carboxylic acids is 2. The maximum atomic E-state index is 13.0. The highest BCUT2D eigenvalue weighted by atomic mass is 16.5. The second-order valence-corrected chi connectivity index (χ2v) is 9.06. The molecule has 0 radical (unpaired) electrons. The molecule has 7 nitrogen and oxygen atoms in total. The van der Waals surface area contributed by atoms with Gasteiger partial charge < -0.3 is 25.5 Å². The molecule has 0 fully saturated rings. The van der Waals surface area contributed by atoms with Gasteiger partial charge in [0.1, 0.15) is 17.9 Å². The van der Waals surface area contributed by atoms with Crippen LogP contribution in [0, 0.1) is 0 Å². The Bertz CT molecular complexity index is 1580. The third-order valence-corrected chi connectivity index (χ3v) is 6.39. The molecular weight excluding hydrogens is 490 g/mol. The number of benzene rings is 4. The number of fused-ring (bicyclic) bond motifs is 1. The molecule has 5 aromatic rings. The molecular formula is C32H29N3O4. The second kappa shape index (κ2) is 12.0. The Labute approximate surface area is 226 Å². The molecule has 4 aromatic carbocycles. The first-order valence-electron chi connectivity index (χ1n) is 12.8. The molecule has 1 aromatic heterocycles. The van der Waals surface area contributed by atoms with Gasteiger partial charge in [-0.05, 0) is 60.9 Å². The van der Waals surface area contributed by atoms with E-state index in [1.54, 1.807) is 48.5 Å². The van der Waals surface area contributed by atoms with Gasteiger partial charge in [0.25, 0.3) is 11.8 Å². The Hall–Kier alpha value is -5.04. The summed E-state index contributed by atoms with van der Waals surface area (Å²) in [6, 6.07) is 31.8. The third-order valence-electron chi connectivity index (χ3n) is 6.39. The van der Waals surface area contributed by atoms with Gasteiger partial charge in [0.05, 0.1) is 17.9 Å². The minimum atomic E-state index is -0.273. The van der Waals surface area contributed by atoms with Crippen LogP contribution in [0.4, 0.5) is 11.4 Å². The van der Waals surface area contributed by atoms with Crippen LogP contribution in [-0.4, -0.2) is 25.0 Å². The summed E-state index contributed by atoms with van der Waals surface area (Å²) in [6.45, 7) is 0.556. The summed E-state index contributed by atoms with van der Waals surface area (Å²) in [4.78, 5) is 25.5. The number of anilines is 2. The van der Waals surface area contributed by atoms with E-state index in [0.717, 1.165) is 17.4 Å². The highest BCUT2D eigenvalue weighted by molar-refractivity contribution is 6.05. The van der Waals surface area contributed by atoms with Crippen molar-refractivity contribution in [3.8, 4) is 5.75 Å². The summed E-state index contributed by atoms with van der Waals surface area (Å²) in [6.07, 6.45) is 1.50. The highest BCUT2D eigenvalue weighted by Crippen LogP contribution is 2.27. The molecule has 0 aliphatic rings. The number of hydrogen-bond acceptors (Lipinski definition) is 5. The summed E-state index contributed by atoms with van der Waals surface area (Å²) in [5.41, 5.74) is 10.2. The summed E-state index contributed by atoms with van der Waals surface area (Å²) in [5, 5.41) is 6.65. The van der Waals surface area contributed by atoms with Crippen molar-refractivity contribution >= 4 is 34.2 Å². The Balaban J connectivity index is 1.15. The Morgan fingerprint density at radius 2 is 1.49 bits per heavy atom. The molecule has 0 aliphatic heterocycles. The first kappa shape index (κ1) is 25.6. The fourth-order valence-electron chi connectivity index (χ4n) is 4.37. The van der Waals surface area contributed by atoms with Crippen molar-refractivity contribution in [2.45, 2.75) is 12.8 Å². The molecule has 7 heteroatoms. The lowest BCUT2D eigenvalue weighted by molar-refractivity contribution is 0.0919. The number of nitrogens with one attached hydrogen (secondary N) is 2. The first-order chi connectivity index (χ1) is 19.1. The summed E-state index contributed by atoms with van der Waals surface area (Å²) < 4.78 is 11.7. The topological polar surface area (TPSA) is 107 Å². The molecule has 0 spiro atoms. The number of carbonyl (C=O) groups is 2. The van der Waals surface area contributed by atoms with Crippen LogP contribution < -0.4 is 21.1 Å². The molecule has 39 heavy (non-hydrogen) atoms. The van der Waals surface area contributed by atoms with E-state index in [0.29, 0.717) is 47.0 Å². The molecule has 5 rings (SSSR count). The lowest BCUT2D eigenvalue weighted by Crippen LogP contribution is -2.28. The van der Waals surface area contributed by atoms with Gasteiger partial charge in [-0.3, -0.25) is 9.59 Å². The minimum Gasteiger partial charge on any atom is -0.492 e. The standard InChI is InChI=1S/C32H29N3O4/c33-27-11-5-6-12-28(27)35-31(36)23-15-17-24(18-16-23)38-21-20-34-32(37)30-26(19-14-22-8-2-1-3-9-22)25-10-4-7-13-29(25)39-30/h1-13,15-18H,14,19-21,33H2,(H,34,37)(H,35,36). The molecule has 0 unspecified atom stereocenters. The van der Waals surface area contributed by atoms with Gasteiger partial charge in [-0.25, -0.2) is 0 Å². The van der Waals surface area contributed by atoms with E-state index in [9.17, 15) is 9.59 Å². The fourth-order valence-corrected chi connectivity index (χ4v) is 4.37. The molecule has 0 bridgehead atoms.